The quantitative estimate of drug-likeness (QED) is 0.885. The molecule has 106 valence electrons. The van der Waals surface area contributed by atoms with E-state index in [9.17, 15) is 0 Å². The van der Waals surface area contributed by atoms with Gasteiger partial charge in [0, 0.05) is 6.04 Å². The number of nitrogens with two attached hydrogens (primary N) is 1. The number of hydrogen-bond acceptors (Lipinski definition) is 3. The molecule has 0 heterocycles. The lowest BCUT2D eigenvalue weighted by Crippen LogP contribution is -2.31. The van der Waals surface area contributed by atoms with Crippen LogP contribution in [-0.2, 0) is 4.74 Å². The zero-order valence-corrected chi connectivity index (χ0v) is 12.0. The van der Waals surface area contributed by atoms with E-state index in [1.165, 1.54) is 32.1 Å². The van der Waals surface area contributed by atoms with Crippen LogP contribution >= 0.6 is 0 Å². The van der Waals surface area contributed by atoms with Gasteiger partial charge >= 0.3 is 0 Å². The molecule has 19 heavy (non-hydrogen) atoms. The standard InChI is InChI=1S/C16H25NO2/c1-12(17)16(19-15-6-4-3-5-7-15)13-8-10-14(18-2)11-9-13/h8-12,15-16H,3-7,17H2,1-2H3. The second-order valence-corrected chi connectivity index (χ2v) is 5.45. The minimum absolute atomic E-state index is 0.00433. The Balaban J connectivity index is 2.05. The minimum atomic E-state index is -0.0194. The fourth-order valence-corrected chi connectivity index (χ4v) is 2.71. The molecule has 1 fully saturated rings. The van der Waals surface area contributed by atoms with Crippen LogP contribution in [0.3, 0.4) is 0 Å². The molecule has 1 aliphatic rings. The monoisotopic (exact) mass is 263 g/mol. The second kappa shape index (κ2) is 6.92. The van der Waals surface area contributed by atoms with Crippen molar-refractivity contribution < 1.29 is 9.47 Å². The first-order chi connectivity index (χ1) is 9.20. The highest BCUT2D eigenvalue weighted by molar-refractivity contribution is 5.29. The molecule has 1 aliphatic carbocycles. The maximum atomic E-state index is 6.25. The first-order valence-corrected chi connectivity index (χ1v) is 7.25. The van der Waals surface area contributed by atoms with Crippen molar-refractivity contribution >= 4 is 0 Å². The van der Waals surface area contributed by atoms with Gasteiger partial charge in [-0.3, -0.25) is 0 Å². The summed E-state index contributed by atoms with van der Waals surface area (Å²) in [6.45, 7) is 2.01. The van der Waals surface area contributed by atoms with Crippen LogP contribution < -0.4 is 10.5 Å². The first-order valence-electron chi connectivity index (χ1n) is 7.25. The van der Waals surface area contributed by atoms with Gasteiger partial charge in [0.05, 0.1) is 19.3 Å². The highest BCUT2D eigenvalue weighted by atomic mass is 16.5. The molecular weight excluding hydrogens is 238 g/mol. The van der Waals surface area contributed by atoms with Crippen molar-refractivity contribution in [2.24, 2.45) is 5.73 Å². The summed E-state index contributed by atoms with van der Waals surface area (Å²) in [5, 5.41) is 0. The molecule has 2 N–H and O–H groups in total. The van der Waals surface area contributed by atoms with Crippen LogP contribution in [0, 0.1) is 0 Å². The summed E-state index contributed by atoms with van der Waals surface area (Å²) in [5.74, 6) is 0.866. The second-order valence-electron chi connectivity index (χ2n) is 5.45. The summed E-state index contributed by atoms with van der Waals surface area (Å²) in [5.41, 5.74) is 7.24. The van der Waals surface area contributed by atoms with Crippen LogP contribution in [0.15, 0.2) is 24.3 Å². The Morgan fingerprint density at radius 3 is 2.26 bits per heavy atom. The zero-order chi connectivity index (χ0) is 13.7. The van der Waals surface area contributed by atoms with Gasteiger partial charge < -0.3 is 15.2 Å². The molecule has 1 aromatic carbocycles. The van der Waals surface area contributed by atoms with Crippen molar-refractivity contribution in [2.75, 3.05) is 7.11 Å². The molecule has 0 bridgehead atoms. The number of hydrogen-bond donors (Lipinski definition) is 1. The largest absolute Gasteiger partial charge is 0.497 e. The van der Waals surface area contributed by atoms with Crippen LogP contribution in [0.4, 0.5) is 0 Å². The smallest absolute Gasteiger partial charge is 0.118 e. The van der Waals surface area contributed by atoms with Crippen LogP contribution in [0.1, 0.15) is 50.7 Å². The first kappa shape index (κ1) is 14.4. The SMILES string of the molecule is COc1ccc(C(OC2CCCCC2)C(C)N)cc1. The van der Waals surface area contributed by atoms with E-state index in [4.69, 9.17) is 15.2 Å². The average molecular weight is 263 g/mol. The van der Waals surface area contributed by atoms with Gasteiger partial charge in [0.2, 0.25) is 0 Å². The van der Waals surface area contributed by atoms with Crippen LogP contribution in [0.25, 0.3) is 0 Å². The molecule has 0 aromatic heterocycles. The van der Waals surface area contributed by atoms with Crippen molar-refractivity contribution in [3.8, 4) is 5.75 Å². The summed E-state index contributed by atoms with van der Waals surface area (Å²) in [6.07, 6.45) is 6.57. The fourth-order valence-electron chi connectivity index (χ4n) is 2.71. The average Bonchev–Trinajstić information content (AvgIpc) is 2.46. The predicted molar refractivity (Wildman–Crippen MR) is 77.3 cm³/mol. The van der Waals surface area contributed by atoms with E-state index in [-0.39, 0.29) is 12.1 Å². The Bertz CT molecular complexity index is 369. The van der Waals surface area contributed by atoms with E-state index < -0.39 is 0 Å². The van der Waals surface area contributed by atoms with Gasteiger partial charge in [-0.05, 0) is 37.5 Å². The molecule has 0 amide bonds. The van der Waals surface area contributed by atoms with E-state index >= 15 is 0 Å². The lowest BCUT2D eigenvalue weighted by atomic mass is 9.96. The highest BCUT2D eigenvalue weighted by Gasteiger charge is 2.23. The molecule has 1 saturated carbocycles. The van der Waals surface area contributed by atoms with E-state index in [1.54, 1.807) is 7.11 Å². The maximum absolute atomic E-state index is 6.25. The van der Waals surface area contributed by atoms with Crippen molar-refractivity contribution in [1.29, 1.82) is 0 Å². The summed E-state index contributed by atoms with van der Waals surface area (Å²) in [7, 11) is 1.68. The van der Waals surface area contributed by atoms with Gasteiger partial charge in [-0.1, -0.05) is 31.4 Å². The molecule has 3 nitrogen and oxygen atoms in total. The summed E-state index contributed by atoms with van der Waals surface area (Å²) >= 11 is 0. The van der Waals surface area contributed by atoms with Gasteiger partial charge in [-0.2, -0.15) is 0 Å². The fraction of sp³-hybridized carbons (Fsp3) is 0.625. The molecule has 3 heteroatoms. The Morgan fingerprint density at radius 1 is 1.11 bits per heavy atom. The van der Waals surface area contributed by atoms with E-state index in [0.29, 0.717) is 6.10 Å². The van der Waals surface area contributed by atoms with E-state index in [2.05, 4.69) is 12.1 Å². The molecule has 0 radical (unpaired) electrons. The molecule has 2 atom stereocenters. The van der Waals surface area contributed by atoms with Crippen molar-refractivity contribution in [1.82, 2.24) is 0 Å². The zero-order valence-electron chi connectivity index (χ0n) is 12.0. The topological polar surface area (TPSA) is 44.5 Å². The summed E-state index contributed by atoms with van der Waals surface area (Å²) < 4.78 is 11.4. The van der Waals surface area contributed by atoms with Gasteiger partial charge in [0.25, 0.3) is 0 Å². The van der Waals surface area contributed by atoms with Crippen LogP contribution in [-0.4, -0.2) is 19.3 Å². The van der Waals surface area contributed by atoms with Crippen molar-refractivity contribution in [2.45, 2.75) is 57.3 Å². The van der Waals surface area contributed by atoms with Gasteiger partial charge in [-0.15, -0.1) is 0 Å². The molecule has 2 unspecified atom stereocenters. The van der Waals surface area contributed by atoms with Gasteiger partial charge in [-0.25, -0.2) is 0 Å². The Hall–Kier alpha value is -1.06. The normalized spacial score (nSPS) is 19.9. The third-order valence-electron chi connectivity index (χ3n) is 3.81. The maximum Gasteiger partial charge on any atom is 0.118 e. The molecule has 0 saturated heterocycles. The molecule has 1 aromatic rings. The predicted octanol–water partition coefficient (Wildman–Crippen LogP) is 3.43. The number of rotatable bonds is 5. The van der Waals surface area contributed by atoms with Crippen LogP contribution in [0.5, 0.6) is 5.75 Å². The lowest BCUT2D eigenvalue weighted by Gasteiger charge is -2.30. The Labute approximate surface area is 116 Å². The summed E-state index contributed by atoms with van der Waals surface area (Å²) in [4.78, 5) is 0. The van der Waals surface area contributed by atoms with Crippen molar-refractivity contribution in [3.05, 3.63) is 29.8 Å². The molecule has 2 rings (SSSR count). The summed E-state index contributed by atoms with van der Waals surface area (Å²) in [6, 6.07) is 8.03. The molecule has 0 spiro atoms. The Morgan fingerprint density at radius 2 is 1.74 bits per heavy atom. The van der Waals surface area contributed by atoms with Crippen LogP contribution in [0.2, 0.25) is 0 Å². The highest BCUT2D eigenvalue weighted by Crippen LogP contribution is 2.29. The minimum Gasteiger partial charge on any atom is -0.497 e. The van der Waals surface area contributed by atoms with E-state index in [1.807, 2.05) is 19.1 Å². The number of methoxy groups -OCH3 is 1. The molecule has 0 aliphatic heterocycles. The van der Waals surface area contributed by atoms with E-state index in [0.717, 1.165) is 11.3 Å². The van der Waals surface area contributed by atoms with Crippen molar-refractivity contribution in [3.63, 3.8) is 0 Å². The van der Waals surface area contributed by atoms with Gasteiger partial charge in [0.15, 0.2) is 0 Å². The third-order valence-corrected chi connectivity index (χ3v) is 3.81. The Kier molecular flexibility index (Phi) is 5.23. The number of benzene rings is 1. The lowest BCUT2D eigenvalue weighted by molar-refractivity contribution is -0.0406. The van der Waals surface area contributed by atoms with Gasteiger partial charge in [0.1, 0.15) is 5.75 Å². The number of ether oxygens (including phenoxy) is 2. The molecular formula is C16H25NO2. The third kappa shape index (κ3) is 3.95.